The van der Waals surface area contributed by atoms with Crippen LogP contribution in [0, 0.1) is 30.0 Å². The van der Waals surface area contributed by atoms with E-state index in [1.807, 2.05) is 6.07 Å². The van der Waals surface area contributed by atoms with E-state index in [4.69, 9.17) is 10.00 Å². The average Bonchev–Trinajstić information content (AvgIpc) is 2.91. The van der Waals surface area contributed by atoms with E-state index in [1.165, 1.54) is 6.07 Å². The van der Waals surface area contributed by atoms with Gasteiger partial charge in [-0.1, -0.05) is 0 Å². The molecule has 1 aliphatic heterocycles. The number of likely N-dealkylation sites (N-methyl/N-ethyl adjacent to an activating group) is 1. The highest BCUT2D eigenvalue weighted by Crippen LogP contribution is 2.22. The van der Waals surface area contributed by atoms with Crippen molar-refractivity contribution < 1.29 is 13.9 Å². The molecule has 1 aliphatic rings. The van der Waals surface area contributed by atoms with Crippen LogP contribution in [0.3, 0.4) is 0 Å². The van der Waals surface area contributed by atoms with E-state index >= 15 is 0 Å². The lowest BCUT2D eigenvalue weighted by Crippen LogP contribution is -2.39. The first-order valence-electron chi connectivity index (χ1n) is 6.33. The number of hydrogen-bond acceptors (Lipinski definition) is 4. The standard InChI is InChI=1S/C14H16FN3O2/c1-8-11(15)3-9(5-16)4-12(8)18-14(19)10-6-20-7-13(10)17-2/h3-4,10,13,17H,6-7H2,1-2H3,(H,18,19). The lowest BCUT2D eigenvalue weighted by atomic mass is 10.0. The molecule has 0 bridgehead atoms. The van der Waals surface area contributed by atoms with Crippen molar-refractivity contribution in [2.75, 3.05) is 25.6 Å². The first-order valence-corrected chi connectivity index (χ1v) is 6.33. The number of benzene rings is 1. The van der Waals surface area contributed by atoms with Gasteiger partial charge in [-0.2, -0.15) is 5.26 Å². The van der Waals surface area contributed by atoms with E-state index in [0.29, 0.717) is 24.5 Å². The fourth-order valence-electron chi connectivity index (χ4n) is 2.20. The van der Waals surface area contributed by atoms with E-state index < -0.39 is 5.82 Å². The molecule has 2 N–H and O–H groups in total. The number of rotatable bonds is 3. The van der Waals surface area contributed by atoms with Gasteiger partial charge in [0.2, 0.25) is 5.91 Å². The first kappa shape index (κ1) is 14.4. The summed E-state index contributed by atoms with van der Waals surface area (Å²) in [6.45, 7) is 2.36. The fourth-order valence-corrected chi connectivity index (χ4v) is 2.20. The Morgan fingerprint density at radius 3 is 2.90 bits per heavy atom. The molecule has 2 atom stereocenters. The molecule has 0 saturated carbocycles. The van der Waals surface area contributed by atoms with Crippen molar-refractivity contribution in [2.24, 2.45) is 5.92 Å². The number of carbonyl (C=O) groups is 1. The molecule has 20 heavy (non-hydrogen) atoms. The van der Waals surface area contributed by atoms with Crippen LogP contribution in [-0.2, 0) is 9.53 Å². The number of halogens is 1. The van der Waals surface area contributed by atoms with Crippen LogP contribution in [-0.4, -0.2) is 32.2 Å². The van der Waals surface area contributed by atoms with Crippen LogP contribution < -0.4 is 10.6 Å². The Morgan fingerprint density at radius 2 is 2.25 bits per heavy atom. The maximum absolute atomic E-state index is 13.7. The van der Waals surface area contributed by atoms with Gasteiger partial charge in [0.25, 0.3) is 0 Å². The van der Waals surface area contributed by atoms with Gasteiger partial charge in [0.1, 0.15) is 5.82 Å². The maximum atomic E-state index is 13.7. The Labute approximate surface area is 116 Å². The highest BCUT2D eigenvalue weighted by molar-refractivity contribution is 5.94. The minimum absolute atomic E-state index is 0.0562. The topological polar surface area (TPSA) is 74.2 Å². The van der Waals surface area contributed by atoms with Gasteiger partial charge in [-0.3, -0.25) is 4.79 Å². The van der Waals surface area contributed by atoms with Gasteiger partial charge >= 0.3 is 0 Å². The van der Waals surface area contributed by atoms with E-state index in [0.717, 1.165) is 6.07 Å². The summed E-state index contributed by atoms with van der Waals surface area (Å²) in [4.78, 5) is 12.2. The van der Waals surface area contributed by atoms with Crippen molar-refractivity contribution in [3.05, 3.63) is 29.1 Å². The van der Waals surface area contributed by atoms with Crippen LogP contribution >= 0.6 is 0 Å². The zero-order valence-corrected chi connectivity index (χ0v) is 11.4. The summed E-state index contributed by atoms with van der Waals surface area (Å²) in [6, 6.07) is 4.44. The van der Waals surface area contributed by atoms with Crippen molar-refractivity contribution in [1.29, 1.82) is 5.26 Å². The quantitative estimate of drug-likeness (QED) is 0.870. The first-order chi connectivity index (χ1) is 9.56. The summed E-state index contributed by atoms with van der Waals surface area (Å²) >= 11 is 0. The molecule has 1 amide bonds. The smallest absolute Gasteiger partial charge is 0.231 e. The lowest BCUT2D eigenvalue weighted by Gasteiger charge is -2.17. The summed E-state index contributed by atoms with van der Waals surface area (Å²) < 4.78 is 18.9. The number of carbonyl (C=O) groups excluding carboxylic acids is 1. The van der Waals surface area contributed by atoms with Crippen LogP contribution in [0.1, 0.15) is 11.1 Å². The highest BCUT2D eigenvalue weighted by atomic mass is 19.1. The molecule has 5 nitrogen and oxygen atoms in total. The molecule has 6 heteroatoms. The molecule has 2 unspecified atom stereocenters. The predicted molar refractivity (Wildman–Crippen MR) is 71.6 cm³/mol. The number of ether oxygens (including phenoxy) is 1. The number of amides is 1. The number of hydrogen-bond donors (Lipinski definition) is 2. The van der Waals surface area contributed by atoms with Crippen LogP contribution in [0.25, 0.3) is 0 Å². The minimum atomic E-state index is -0.507. The number of anilines is 1. The van der Waals surface area contributed by atoms with Gasteiger partial charge in [0.05, 0.1) is 30.8 Å². The largest absolute Gasteiger partial charge is 0.379 e. The normalized spacial score (nSPS) is 21.5. The molecule has 2 rings (SSSR count). The van der Waals surface area contributed by atoms with Gasteiger partial charge in [-0.25, -0.2) is 4.39 Å². The number of nitrogens with zero attached hydrogens (tertiary/aromatic N) is 1. The second-order valence-electron chi connectivity index (χ2n) is 4.77. The molecular weight excluding hydrogens is 261 g/mol. The fraction of sp³-hybridized carbons (Fsp3) is 0.429. The molecule has 0 aromatic heterocycles. The van der Waals surface area contributed by atoms with Crippen molar-refractivity contribution in [2.45, 2.75) is 13.0 Å². The molecule has 1 saturated heterocycles. The third-order valence-corrected chi connectivity index (χ3v) is 3.52. The maximum Gasteiger partial charge on any atom is 0.231 e. The summed E-state index contributed by atoms with van der Waals surface area (Å²) in [6.07, 6.45) is 0. The Balaban J connectivity index is 2.20. The highest BCUT2D eigenvalue weighted by Gasteiger charge is 2.33. The lowest BCUT2D eigenvalue weighted by molar-refractivity contribution is -0.120. The Bertz CT molecular complexity index is 568. The van der Waals surface area contributed by atoms with Crippen molar-refractivity contribution >= 4 is 11.6 Å². The Morgan fingerprint density at radius 1 is 1.50 bits per heavy atom. The van der Waals surface area contributed by atoms with E-state index in [9.17, 15) is 9.18 Å². The van der Waals surface area contributed by atoms with Crippen LogP contribution in [0.15, 0.2) is 12.1 Å². The Hall–Kier alpha value is -1.97. The van der Waals surface area contributed by atoms with Gasteiger partial charge < -0.3 is 15.4 Å². The zero-order valence-electron chi connectivity index (χ0n) is 11.4. The van der Waals surface area contributed by atoms with Crippen molar-refractivity contribution in [1.82, 2.24) is 5.32 Å². The van der Waals surface area contributed by atoms with Crippen LogP contribution in [0.2, 0.25) is 0 Å². The third-order valence-electron chi connectivity index (χ3n) is 3.52. The molecule has 1 heterocycles. The van der Waals surface area contributed by atoms with Gasteiger partial charge in [-0.05, 0) is 26.1 Å². The zero-order chi connectivity index (χ0) is 14.7. The molecular formula is C14H16FN3O2. The summed E-state index contributed by atoms with van der Waals surface area (Å²) in [5.41, 5.74) is 0.821. The van der Waals surface area contributed by atoms with Gasteiger partial charge in [0, 0.05) is 17.3 Å². The monoisotopic (exact) mass is 277 g/mol. The molecule has 1 aromatic carbocycles. The summed E-state index contributed by atoms with van der Waals surface area (Å²) in [5.74, 6) is -1.07. The molecule has 0 spiro atoms. The minimum Gasteiger partial charge on any atom is -0.379 e. The van der Waals surface area contributed by atoms with Crippen LogP contribution in [0.5, 0.6) is 0 Å². The van der Waals surface area contributed by atoms with E-state index in [1.54, 1.807) is 14.0 Å². The molecule has 1 fully saturated rings. The molecule has 1 aromatic rings. The third kappa shape index (κ3) is 2.79. The van der Waals surface area contributed by atoms with Crippen molar-refractivity contribution in [3.63, 3.8) is 0 Å². The molecule has 0 radical (unpaired) electrons. The van der Waals surface area contributed by atoms with E-state index in [2.05, 4.69) is 10.6 Å². The Kier molecular flexibility index (Phi) is 4.32. The predicted octanol–water partition coefficient (Wildman–Crippen LogP) is 1.18. The summed E-state index contributed by atoms with van der Waals surface area (Å²) in [5, 5.41) is 14.5. The molecule has 0 aliphatic carbocycles. The number of nitrogens with one attached hydrogen (secondary N) is 2. The molecule has 106 valence electrons. The van der Waals surface area contributed by atoms with Crippen molar-refractivity contribution in [3.8, 4) is 6.07 Å². The van der Waals surface area contributed by atoms with E-state index in [-0.39, 0.29) is 23.4 Å². The average molecular weight is 277 g/mol. The van der Waals surface area contributed by atoms with Gasteiger partial charge in [-0.15, -0.1) is 0 Å². The summed E-state index contributed by atoms with van der Waals surface area (Å²) in [7, 11) is 1.76. The second-order valence-corrected chi connectivity index (χ2v) is 4.77. The van der Waals surface area contributed by atoms with Crippen LogP contribution in [0.4, 0.5) is 10.1 Å². The SMILES string of the molecule is CNC1COCC1C(=O)Nc1cc(C#N)cc(F)c1C. The number of nitriles is 1. The second kappa shape index (κ2) is 5.99. The van der Waals surface area contributed by atoms with Gasteiger partial charge in [0.15, 0.2) is 0 Å².